The summed E-state index contributed by atoms with van der Waals surface area (Å²) in [6, 6.07) is 7.85. The first-order valence-electron chi connectivity index (χ1n) is 6.99. The van der Waals surface area contributed by atoms with E-state index in [1.54, 1.807) is 0 Å². The second-order valence-electron chi connectivity index (χ2n) is 5.23. The van der Waals surface area contributed by atoms with Gasteiger partial charge in [-0.25, -0.2) is 0 Å². The first-order chi connectivity index (χ1) is 9.61. The molecule has 1 heterocycles. The first kappa shape index (κ1) is 12.9. The number of hydrogen-bond acceptors (Lipinski definition) is 2. The van der Waals surface area contributed by atoms with Gasteiger partial charge in [-0.3, -0.25) is 9.48 Å². The molecular formula is C17H18N2O. The summed E-state index contributed by atoms with van der Waals surface area (Å²) < 4.78 is 1.98. The number of hydrogen-bond donors (Lipinski definition) is 0. The molecule has 3 heteroatoms. The van der Waals surface area contributed by atoms with Crippen molar-refractivity contribution in [2.45, 2.75) is 33.7 Å². The second kappa shape index (κ2) is 4.75. The van der Waals surface area contributed by atoms with Crippen molar-refractivity contribution in [2.75, 3.05) is 0 Å². The SMILES string of the molecule is CCn1nc(C)c(/C=C2/Cc3ccccc3C2=O)c1C. The Balaban J connectivity index is 2.04. The quantitative estimate of drug-likeness (QED) is 0.781. The zero-order valence-electron chi connectivity index (χ0n) is 12.1. The lowest BCUT2D eigenvalue weighted by Gasteiger charge is -2.00. The lowest BCUT2D eigenvalue weighted by Crippen LogP contribution is -1.99. The normalized spacial score (nSPS) is 15.9. The largest absolute Gasteiger partial charge is 0.289 e. The standard InChI is InChI=1S/C17H18N2O/c1-4-19-12(3)16(11(2)18-19)10-14-9-13-7-5-6-8-15(13)17(14)20/h5-8,10H,4,9H2,1-3H3/b14-10-. The smallest absolute Gasteiger partial charge is 0.189 e. The number of rotatable bonds is 2. The Labute approximate surface area is 118 Å². The highest BCUT2D eigenvalue weighted by Gasteiger charge is 2.24. The second-order valence-corrected chi connectivity index (χ2v) is 5.23. The van der Waals surface area contributed by atoms with Crippen LogP contribution in [0.5, 0.6) is 0 Å². The number of allylic oxidation sites excluding steroid dienone is 1. The zero-order chi connectivity index (χ0) is 14.3. The monoisotopic (exact) mass is 266 g/mol. The molecule has 20 heavy (non-hydrogen) atoms. The van der Waals surface area contributed by atoms with Gasteiger partial charge in [-0.15, -0.1) is 0 Å². The predicted octanol–water partition coefficient (Wildman–Crippen LogP) is 3.34. The molecule has 0 bridgehead atoms. The number of aryl methyl sites for hydroxylation is 2. The van der Waals surface area contributed by atoms with Crippen molar-refractivity contribution in [1.82, 2.24) is 9.78 Å². The highest BCUT2D eigenvalue weighted by molar-refractivity contribution is 6.15. The Hall–Kier alpha value is -2.16. The summed E-state index contributed by atoms with van der Waals surface area (Å²) >= 11 is 0. The third kappa shape index (κ3) is 1.90. The Kier molecular flexibility index (Phi) is 3.05. The molecule has 0 radical (unpaired) electrons. The number of carbonyl (C=O) groups is 1. The van der Waals surface area contributed by atoms with E-state index < -0.39 is 0 Å². The number of carbonyl (C=O) groups excluding carboxylic acids is 1. The molecule has 1 aliphatic rings. The van der Waals surface area contributed by atoms with Crippen LogP contribution >= 0.6 is 0 Å². The van der Waals surface area contributed by atoms with E-state index in [0.29, 0.717) is 0 Å². The highest BCUT2D eigenvalue weighted by atomic mass is 16.1. The fraction of sp³-hybridized carbons (Fsp3) is 0.294. The fourth-order valence-corrected chi connectivity index (χ4v) is 2.87. The predicted molar refractivity (Wildman–Crippen MR) is 79.8 cm³/mol. The van der Waals surface area contributed by atoms with Gasteiger partial charge in [0.1, 0.15) is 0 Å². The zero-order valence-corrected chi connectivity index (χ0v) is 12.1. The van der Waals surface area contributed by atoms with Crippen LogP contribution in [0, 0.1) is 13.8 Å². The molecule has 102 valence electrons. The molecule has 1 aromatic heterocycles. The molecule has 1 aliphatic carbocycles. The van der Waals surface area contributed by atoms with Crippen molar-refractivity contribution >= 4 is 11.9 Å². The molecule has 0 saturated carbocycles. The average Bonchev–Trinajstić information content (AvgIpc) is 2.91. The molecule has 0 saturated heterocycles. The summed E-state index contributed by atoms with van der Waals surface area (Å²) in [6.45, 7) is 6.98. The summed E-state index contributed by atoms with van der Waals surface area (Å²) in [5.41, 5.74) is 6.04. The molecule has 0 aliphatic heterocycles. The molecule has 3 nitrogen and oxygen atoms in total. The lowest BCUT2D eigenvalue weighted by atomic mass is 10.1. The maximum absolute atomic E-state index is 12.4. The van der Waals surface area contributed by atoms with Gasteiger partial charge in [0.05, 0.1) is 5.69 Å². The van der Waals surface area contributed by atoms with E-state index in [0.717, 1.165) is 46.6 Å². The van der Waals surface area contributed by atoms with E-state index in [-0.39, 0.29) is 5.78 Å². The van der Waals surface area contributed by atoms with Gasteiger partial charge in [0, 0.05) is 35.4 Å². The summed E-state index contributed by atoms with van der Waals surface area (Å²) in [5.74, 6) is 0.156. The molecule has 0 unspecified atom stereocenters. The van der Waals surface area contributed by atoms with Crippen LogP contribution in [0.1, 0.15) is 39.8 Å². The van der Waals surface area contributed by atoms with Gasteiger partial charge in [0.15, 0.2) is 5.78 Å². The van der Waals surface area contributed by atoms with E-state index in [1.807, 2.05) is 41.9 Å². The minimum Gasteiger partial charge on any atom is -0.289 e. The van der Waals surface area contributed by atoms with Crippen molar-refractivity contribution in [3.8, 4) is 0 Å². The van der Waals surface area contributed by atoms with Crippen LogP contribution in [0.3, 0.4) is 0 Å². The third-order valence-electron chi connectivity index (χ3n) is 3.99. The topological polar surface area (TPSA) is 34.9 Å². The number of benzene rings is 1. The van der Waals surface area contributed by atoms with Crippen molar-refractivity contribution < 1.29 is 4.79 Å². The van der Waals surface area contributed by atoms with Crippen LogP contribution in [-0.4, -0.2) is 15.6 Å². The van der Waals surface area contributed by atoms with E-state index in [4.69, 9.17) is 0 Å². The number of aromatic nitrogens is 2. The van der Waals surface area contributed by atoms with Gasteiger partial charge in [0.25, 0.3) is 0 Å². The molecule has 0 atom stereocenters. The molecule has 0 fully saturated rings. The van der Waals surface area contributed by atoms with Crippen molar-refractivity contribution in [1.29, 1.82) is 0 Å². The van der Waals surface area contributed by atoms with Crippen LogP contribution in [0.4, 0.5) is 0 Å². The van der Waals surface area contributed by atoms with Crippen LogP contribution < -0.4 is 0 Å². The minimum absolute atomic E-state index is 0.156. The number of fused-ring (bicyclic) bond motifs is 1. The minimum atomic E-state index is 0.156. The number of ketones is 1. The van der Waals surface area contributed by atoms with Crippen molar-refractivity contribution in [2.24, 2.45) is 0 Å². The average molecular weight is 266 g/mol. The summed E-state index contributed by atoms with van der Waals surface area (Å²) in [4.78, 5) is 12.4. The van der Waals surface area contributed by atoms with E-state index in [1.165, 1.54) is 0 Å². The fourth-order valence-electron chi connectivity index (χ4n) is 2.87. The Morgan fingerprint density at radius 2 is 2.05 bits per heavy atom. The van der Waals surface area contributed by atoms with Gasteiger partial charge < -0.3 is 0 Å². The van der Waals surface area contributed by atoms with Gasteiger partial charge in [-0.2, -0.15) is 5.10 Å². The first-order valence-corrected chi connectivity index (χ1v) is 6.99. The lowest BCUT2D eigenvalue weighted by molar-refractivity contribution is 0.104. The summed E-state index contributed by atoms with van der Waals surface area (Å²) in [7, 11) is 0. The molecule has 3 rings (SSSR count). The summed E-state index contributed by atoms with van der Waals surface area (Å²) in [6.07, 6.45) is 2.75. The molecule has 1 aromatic carbocycles. The Morgan fingerprint density at radius 3 is 2.70 bits per heavy atom. The molecule has 0 amide bonds. The maximum Gasteiger partial charge on any atom is 0.189 e. The van der Waals surface area contributed by atoms with Crippen LogP contribution in [0.15, 0.2) is 29.8 Å². The van der Waals surface area contributed by atoms with Gasteiger partial charge in [-0.05, 0) is 32.4 Å². The van der Waals surface area contributed by atoms with Crippen LogP contribution in [0.2, 0.25) is 0 Å². The van der Waals surface area contributed by atoms with Crippen molar-refractivity contribution in [3.05, 3.63) is 57.9 Å². The molecule has 2 aromatic rings. The molecular weight excluding hydrogens is 248 g/mol. The highest BCUT2D eigenvalue weighted by Crippen LogP contribution is 2.28. The summed E-state index contributed by atoms with van der Waals surface area (Å²) in [5, 5.41) is 4.51. The maximum atomic E-state index is 12.4. The van der Waals surface area contributed by atoms with Crippen molar-refractivity contribution in [3.63, 3.8) is 0 Å². The van der Waals surface area contributed by atoms with Crippen LogP contribution in [-0.2, 0) is 13.0 Å². The van der Waals surface area contributed by atoms with Gasteiger partial charge >= 0.3 is 0 Å². The van der Waals surface area contributed by atoms with E-state index >= 15 is 0 Å². The van der Waals surface area contributed by atoms with Gasteiger partial charge in [-0.1, -0.05) is 24.3 Å². The third-order valence-corrected chi connectivity index (χ3v) is 3.99. The van der Waals surface area contributed by atoms with E-state index in [2.05, 4.69) is 18.9 Å². The van der Waals surface area contributed by atoms with Crippen LogP contribution in [0.25, 0.3) is 6.08 Å². The van der Waals surface area contributed by atoms with Gasteiger partial charge in [0.2, 0.25) is 0 Å². The Morgan fingerprint density at radius 1 is 1.30 bits per heavy atom. The number of nitrogens with zero attached hydrogens (tertiary/aromatic N) is 2. The number of Topliss-reactive ketones (excluding diaryl/α,β-unsaturated/α-hetero) is 1. The van der Waals surface area contributed by atoms with E-state index in [9.17, 15) is 4.79 Å². The Bertz CT molecular complexity index is 723. The molecule has 0 spiro atoms. The molecule has 0 N–H and O–H groups in total.